The maximum Gasteiger partial charge on any atom is 0.333 e. The molecule has 0 unspecified atom stereocenters. The molecule has 0 bridgehead atoms. The molecule has 0 fully saturated rings. The second kappa shape index (κ2) is 10.3. The molecule has 0 aliphatic carbocycles. The number of carbonyl (C=O) groups is 2. The number of thioether (sulfide) groups is 1. The topological polar surface area (TPSA) is 127 Å². The summed E-state index contributed by atoms with van der Waals surface area (Å²) >= 11 is 1.27. The van der Waals surface area contributed by atoms with Crippen LogP contribution in [0.5, 0.6) is 11.8 Å². The molecule has 9 nitrogen and oxygen atoms in total. The number of carbonyl (C=O) groups excluding carboxylic acids is 2. The maximum atomic E-state index is 11.7. The predicted octanol–water partition coefficient (Wildman–Crippen LogP) is 1.11. The molecule has 3 N–H and O–H groups in total. The van der Waals surface area contributed by atoms with Gasteiger partial charge in [0.2, 0.25) is 17.7 Å². The lowest BCUT2D eigenvalue weighted by atomic mass is 10.2. The number of aromatic hydroxyl groups is 2. The number of aromatic nitrogens is 3. The molecule has 2 aromatic heterocycles. The van der Waals surface area contributed by atoms with Gasteiger partial charge in [0.1, 0.15) is 0 Å². The van der Waals surface area contributed by atoms with E-state index in [1.54, 1.807) is 18.5 Å². The fraction of sp³-hybridized carbons (Fsp3) is 0.375. The first kappa shape index (κ1) is 19.6. The number of nitrogens with zero attached hydrogens (tertiary/aromatic N) is 3. The van der Waals surface area contributed by atoms with Gasteiger partial charge in [-0.1, -0.05) is 18.2 Å². The maximum absolute atomic E-state index is 11.7. The highest BCUT2D eigenvalue weighted by Crippen LogP contribution is 2.19. The molecular weight excluding hydrogens is 360 g/mol. The summed E-state index contributed by atoms with van der Waals surface area (Å²) < 4.78 is 0.663. The van der Waals surface area contributed by atoms with Gasteiger partial charge in [-0.05, 0) is 18.9 Å². The molecule has 0 saturated carbocycles. The van der Waals surface area contributed by atoms with Crippen molar-refractivity contribution in [1.82, 2.24) is 20.0 Å². The highest BCUT2D eigenvalue weighted by atomic mass is 32.2. The van der Waals surface area contributed by atoms with Gasteiger partial charge < -0.3 is 20.4 Å². The van der Waals surface area contributed by atoms with Gasteiger partial charge in [0.25, 0.3) is 0 Å². The quantitative estimate of drug-likeness (QED) is 0.318. The van der Waals surface area contributed by atoms with E-state index in [-0.39, 0.29) is 29.8 Å². The molecule has 2 aromatic rings. The normalized spacial score (nSPS) is 10.5. The molecule has 2 rings (SSSR count). The zero-order chi connectivity index (χ0) is 18.8. The minimum atomic E-state index is -0.560. The number of hydrogen-bond donors (Lipinski definition) is 3. The van der Waals surface area contributed by atoms with Crippen molar-refractivity contribution < 1.29 is 24.6 Å². The van der Waals surface area contributed by atoms with Crippen LogP contribution in [-0.4, -0.2) is 49.1 Å². The van der Waals surface area contributed by atoms with Crippen molar-refractivity contribution in [3.8, 4) is 11.8 Å². The van der Waals surface area contributed by atoms with E-state index >= 15 is 0 Å². The summed E-state index contributed by atoms with van der Waals surface area (Å²) in [4.78, 5) is 36.2. The third kappa shape index (κ3) is 6.63. The number of hydrogen-bond acceptors (Lipinski definition) is 8. The van der Waals surface area contributed by atoms with Gasteiger partial charge in [0.05, 0.1) is 5.75 Å². The average molecular weight is 380 g/mol. The van der Waals surface area contributed by atoms with Crippen molar-refractivity contribution in [1.29, 1.82) is 0 Å². The second-order valence-corrected chi connectivity index (χ2v) is 6.23. The Labute approximate surface area is 154 Å². The number of rotatable bonds is 10. The van der Waals surface area contributed by atoms with Crippen LogP contribution in [0.15, 0.2) is 35.7 Å². The van der Waals surface area contributed by atoms with Crippen molar-refractivity contribution in [2.24, 2.45) is 0 Å². The first-order valence-corrected chi connectivity index (χ1v) is 9.02. The average Bonchev–Trinajstić information content (AvgIpc) is 2.95. The molecule has 0 aromatic carbocycles. The largest absolute Gasteiger partial charge is 0.492 e. The predicted molar refractivity (Wildman–Crippen MR) is 93.6 cm³/mol. The molecule has 0 atom stereocenters. The molecule has 0 radical (unpaired) electrons. The fourth-order valence-electron chi connectivity index (χ4n) is 1.98. The van der Waals surface area contributed by atoms with Crippen LogP contribution in [0.4, 0.5) is 0 Å². The number of nitrogens with one attached hydrogen (secondary N) is 1. The smallest absolute Gasteiger partial charge is 0.333 e. The van der Waals surface area contributed by atoms with E-state index in [9.17, 15) is 19.8 Å². The van der Waals surface area contributed by atoms with Crippen LogP contribution in [-0.2, 0) is 9.59 Å². The lowest BCUT2D eigenvalue weighted by Gasteiger charge is -2.07. The van der Waals surface area contributed by atoms with E-state index in [1.807, 2.05) is 0 Å². The number of unbranched alkanes of at least 4 members (excludes halogenated alkanes) is 2. The van der Waals surface area contributed by atoms with Gasteiger partial charge in [-0.2, -0.15) is 0 Å². The van der Waals surface area contributed by atoms with Crippen molar-refractivity contribution in [2.75, 3.05) is 12.3 Å². The monoisotopic (exact) mass is 380 g/mol. The lowest BCUT2D eigenvalue weighted by Crippen LogP contribution is -2.26. The Morgan fingerprint density at radius 1 is 1.12 bits per heavy atom. The molecule has 0 saturated heterocycles. The van der Waals surface area contributed by atoms with Crippen LogP contribution in [0.3, 0.4) is 0 Å². The summed E-state index contributed by atoms with van der Waals surface area (Å²) in [5.74, 6) is -1.11. The Morgan fingerprint density at radius 2 is 1.81 bits per heavy atom. The zero-order valence-electron chi connectivity index (χ0n) is 14.0. The molecule has 1 amide bonds. The van der Waals surface area contributed by atoms with Crippen LogP contribution < -0.4 is 10.2 Å². The van der Waals surface area contributed by atoms with Gasteiger partial charge >= 0.3 is 5.97 Å². The van der Waals surface area contributed by atoms with Gasteiger partial charge in [-0.3, -0.25) is 4.79 Å². The minimum absolute atomic E-state index is 0.0968. The molecule has 10 heteroatoms. The van der Waals surface area contributed by atoms with Gasteiger partial charge in [0, 0.05) is 37.5 Å². The van der Waals surface area contributed by atoms with E-state index in [0.717, 1.165) is 12.8 Å². The first-order valence-electron chi connectivity index (χ1n) is 8.03. The van der Waals surface area contributed by atoms with Crippen molar-refractivity contribution in [3.63, 3.8) is 0 Å². The summed E-state index contributed by atoms with van der Waals surface area (Å²) in [6, 6.07) is 4.14. The van der Waals surface area contributed by atoms with Crippen molar-refractivity contribution in [3.05, 3.63) is 30.6 Å². The lowest BCUT2D eigenvalue weighted by molar-refractivity contribution is -0.145. The molecule has 0 aliphatic rings. The Bertz CT molecular complexity index is 703. The van der Waals surface area contributed by atoms with E-state index in [1.165, 1.54) is 23.9 Å². The summed E-state index contributed by atoms with van der Waals surface area (Å²) in [5.41, 5.74) is 0. The van der Waals surface area contributed by atoms with Crippen LogP contribution >= 0.6 is 11.8 Å². The van der Waals surface area contributed by atoms with Gasteiger partial charge in [-0.25, -0.2) is 14.8 Å². The summed E-state index contributed by atoms with van der Waals surface area (Å²) in [7, 11) is 0. The van der Waals surface area contributed by atoms with Crippen molar-refractivity contribution >= 4 is 23.6 Å². The second-order valence-electron chi connectivity index (χ2n) is 5.29. The summed E-state index contributed by atoms with van der Waals surface area (Å²) in [6.45, 7) is 0.517. The third-order valence-electron chi connectivity index (χ3n) is 3.25. The zero-order valence-corrected chi connectivity index (χ0v) is 14.8. The number of amides is 1. The Hall–Kier alpha value is -2.75. The SMILES string of the molecule is O=C(CSc1ncccn1)NCCCCCC(=O)On1c(O)ccc1O. The fourth-order valence-corrected chi connectivity index (χ4v) is 2.62. The third-order valence-corrected chi connectivity index (χ3v) is 4.12. The van der Waals surface area contributed by atoms with Crippen molar-refractivity contribution in [2.45, 2.75) is 30.8 Å². The standard InChI is InChI=1S/C16H20N4O5S/c21-12(11-26-16-18-9-4-10-19-16)17-8-3-1-2-5-15(24)25-20-13(22)6-7-14(20)23/h4,6-7,9-10,22-23H,1-3,5,8,11H2,(H,17,21). The van der Waals surface area contributed by atoms with E-state index in [2.05, 4.69) is 15.3 Å². The van der Waals surface area contributed by atoms with E-state index in [0.29, 0.717) is 22.9 Å². The summed E-state index contributed by atoms with van der Waals surface area (Å²) in [6.07, 6.45) is 5.42. The van der Waals surface area contributed by atoms with E-state index in [4.69, 9.17) is 4.84 Å². The van der Waals surface area contributed by atoms with Crippen LogP contribution in [0.25, 0.3) is 0 Å². The van der Waals surface area contributed by atoms with Crippen LogP contribution in [0.1, 0.15) is 25.7 Å². The van der Waals surface area contributed by atoms with E-state index < -0.39 is 5.97 Å². The molecule has 26 heavy (non-hydrogen) atoms. The molecular formula is C16H20N4O5S. The summed E-state index contributed by atoms with van der Waals surface area (Å²) in [5, 5.41) is 22.1. The minimum Gasteiger partial charge on any atom is -0.492 e. The highest BCUT2D eigenvalue weighted by molar-refractivity contribution is 7.99. The van der Waals surface area contributed by atoms with Crippen LogP contribution in [0, 0.1) is 0 Å². The van der Waals surface area contributed by atoms with Gasteiger partial charge in [0.15, 0.2) is 5.16 Å². The Kier molecular flexibility index (Phi) is 7.75. The Balaban J connectivity index is 1.51. The van der Waals surface area contributed by atoms with Gasteiger partial charge in [-0.15, -0.1) is 4.73 Å². The Morgan fingerprint density at radius 3 is 2.50 bits per heavy atom. The molecule has 140 valence electrons. The molecule has 0 spiro atoms. The first-order chi connectivity index (χ1) is 12.6. The van der Waals surface area contributed by atoms with Crippen LogP contribution in [0.2, 0.25) is 0 Å². The molecule has 2 heterocycles. The highest BCUT2D eigenvalue weighted by Gasteiger charge is 2.11. The molecule has 0 aliphatic heterocycles.